The van der Waals surface area contributed by atoms with Gasteiger partial charge in [-0.2, -0.15) is 0 Å². The van der Waals surface area contributed by atoms with Gasteiger partial charge in [0.1, 0.15) is 5.82 Å². The Kier molecular flexibility index (Phi) is 4.87. The normalized spacial score (nSPS) is 11.4. The van der Waals surface area contributed by atoms with Gasteiger partial charge in [-0.3, -0.25) is 4.79 Å². The van der Waals surface area contributed by atoms with Crippen LogP contribution in [-0.2, 0) is 11.3 Å². The summed E-state index contributed by atoms with van der Waals surface area (Å²) in [5, 5.41) is 2.94. The third-order valence-corrected chi connectivity index (χ3v) is 3.41. The Morgan fingerprint density at radius 3 is 2.67 bits per heavy atom. The van der Waals surface area contributed by atoms with Gasteiger partial charge in [-0.05, 0) is 39.1 Å². The molecule has 0 saturated carbocycles. The van der Waals surface area contributed by atoms with Crippen LogP contribution in [0.3, 0.4) is 0 Å². The van der Waals surface area contributed by atoms with Crippen molar-refractivity contribution in [1.82, 2.24) is 10.2 Å². The molecule has 100 valence electrons. The monoisotopic (exact) mass is 316 g/mol. The van der Waals surface area contributed by atoms with E-state index in [0.717, 1.165) is 4.47 Å². The first kappa shape index (κ1) is 15.1. The first-order chi connectivity index (χ1) is 8.27. The lowest BCUT2D eigenvalue weighted by Crippen LogP contribution is -2.51. The Morgan fingerprint density at radius 2 is 2.11 bits per heavy atom. The van der Waals surface area contributed by atoms with Crippen molar-refractivity contribution in [2.24, 2.45) is 0 Å². The van der Waals surface area contributed by atoms with Crippen molar-refractivity contribution in [2.75, 3.05) is 14.1 Å². The molecule has 1 rings (SSSR count). The summed E-state index contributed by atoms with van der Waals surface area (Å²) in [4.78, 5) is 13.6. The van der Waals surface area contributed by atoms with Gasteiger partial charge in [-0.1, -0.05) is 15.9 Å². The maximum absolute atomic E-state index is 13.6. The minimum atomic E-state index is -0.656. The zero-order chi connectivity index (χ0) is 13.9. The van der Waals surface area contributed by atoms with Crippen LogP contribution in [0.2, 0.25) is 0 Å². The SMILES string of the molecule is CNC(C)(C)C(=O)N(C)Cc1cc(Br)ccc1F. The summed E-state index contributed by atoms with van der Waals surface area (Å²) >= 11 is 3.29. The van der Waals surface area contributed by atoms with E-state index in [0.29, 0.717) is 5.56 Å². The Labute approximate surface area is 115 Å². The lowest BCUT2D eigenvalue weighted by Gasteiger charge is -2.29. The van der Waals surface area contributed by atoms with Crippen molar-refractivity contribution in [2.45, 2.75) is 25.9 Å². The third-order valence-electron chi connectivity index (χ3n) is 2.92. The Morgan fingerprint density at radius 1 is 1.50 bits per heavy atom. The number of halogens is 2. The average molecular weight is 317 g/mol. The highest BCUT2D eigenvalue weighted by atomic mass is 79.9. The highest BCUT2D eigenvalue weighted by Crippen LogP contribution is 2.18. The number of likely N-dealkylation sites (N-methyl/N-ethyl adjacent to an activating group) is 2. The number of hydrogen-bond donors (Lipinski definition) is 1. The Bertz CT molecular complexity index is 449. The third kappa shape index (κ3) is 3.53. The number of carbonyl (C=O) groups is 1. The van der Waals surface area contributed by atoms with Crippen molar-refractivity contribution in [3.8, 4) is 0 Å². The van der Waals surface area contributed by atoms with Crippen LogP contribution in [0.15, 0.2) is 22.7 Å². The van der Waals surface area contributed by atoms with E-state index >= 15 is 0 Å². The highest BCUT2D eigenvalue weighted by Gasteiger charge is 2.28. The molecular weight excluding hydrogens is 299 g/mol. The zero-order valence-electron chi connectivity index (χ0n) is 11.1. The molecule has 0 spiro atoms. The molecule has 0 unspecified atom stereocenters. The van der Waals surface area contributed by atoms with E-state index in [2.05, 4.69) is 21.2 Å². The first-order valence-corrected chi connectivity index (χ1v) is 6.45. The second-order valence-electron chi connectivity index (χ2n) is 4.77. The molecule has 0 aliphatic heterocycles. The zero-order valence-corrected chi connectivity index (χ0v) is 12.6. The Hall–Kier alpha value is -0.940. The summed E-state index contributed by atoms with van der Waals surface area (Å²) in [7, 11) is 3.40. The van der Waals surface area contributed by atoms with Crippen LogP contribution in [0.4, 0.5) is 4.39 Å². The summed E-state index contributed by atoms with van der Waals surface area (Å²) in [5.74, 6) is -0.385. The molecule has 0 aliphatic carbocycles. The molecule has 0 aromatic heterocycles. The van der Waals surface area contributed by atoms with Crippen LogP contribution >= 0.6 is 15.9 Å². The first-order valence-electron chi connectivity index (χ1n) is 5.66. The fourth-order valence-electron chi connectivity index (χ4n) is 1.58. The van der Waals surface area contributed by atoms with Crippen molar-refractivity contribution in [3.63, 3.8) is 0 Å². The molecule has 0 atom stereocenters. The second-order valence-corrected chi connectivity index (χ2v) is 5.69. The molecule has 3 nitrogen and oxygen atoms in total. The number of hydrogen-bond acceptors (Lipinski definition) is 2. The number of nitrogens with zero attached hydrogens (tertiary/aromatic N) is 1. The number of rotatable bonds is 4. The van der Waals surface area contributed by atoms with Crippen LogP contribution in [0.25, 0.3) is 0 Å². The summed E-state index contributed by atoms with van der Waals surface area (Å²) in [5.41, 5.74) is -0.163. The summed E-state index contributed by atoms with van der Waals surface area (Å²) in [6.07, 6.45) is 0. The fourth-order valence-corrected chi connectivity index (χ4v) is 1.98. The van der Waals surface area contributed by atoms with Crippen molar-refractivity contribution in [1.29, 1.82) is 0 Å². The molecule has 0 bridgehead atoms. The molecule has 1 N–H and O–H groups in total. The molecule has 1 aromatic rings. The lowest BCUT2D eigenvalue weighted by atomic mass is 10.0. The maximum atomic E-state index is 13.6. The van der Waals surface area contributed by atoms with Gasteiger partial charge in [0.15, 0.2) is 0 Å². The number of benzene rings is 1. The largest absolute Gasteiger partial charge is 0.340 e. The number of amides is 1. The standard InChI is InChI=1S/C13H18BrFN2O/c1-13(2,16-3)12(18)17(4)8-9-7-10(14)5-6-11(9)15/h5-7,16H,8H2,1-4H3. The predicted molar refractivity (Wildman–Crippen MR) is 73.7 cm³/mol. The van der Waals surface area contributed by atoms with E-state index in [4.69, 9.17) is 0 Å². The van der Waals surface area contributed by atoms with E-state index in [9.17, 15) is 9.18 Å². The maximum Gasteiger partial charge on any atom is 0.242 e. The van der Waals surface area contributed by atoms with Gasteiger partial charge in [0.2, 0.25) is 5.91 Å². The van der Waals surface area contributed by atoms with Crippen molar-refractivity contribution < 1.29 is 9.18 Å². The molecule has 5 heteroatoms. The molecule has 0 heterocycles. The molecule has 0 saturated heterocycles. The van der Waals surface area contributed by atoms with Gasteiger partial charge >= 0.3 is 0 Å². The number of nitrogens with one attached hydrogen (secondary N) is 1. The molecule has 0 radical (unpaired) electrons. The van der Waals surface area contributed by atoms with Gasteiger partial charge in [0, 0.05) is 23.6 Å². The molecule has 1 amide bonds. The van der Waals surface area contributed by atoms with Crippen molar-refractivity contribution >= 4 is 21.8 Å². The van der Waals surface area contributed by atoms with Crippen LogP contribution in [0.1, 0.15) is 19.4 Å². The molecule has 0 aliphatic rings. The van der Waals surface area contributed by atoms with E-state index in [1.165, 1.54) is 11.0 Å². The smallest absolute Gasteiger partial charge is 0.242 e. The van der Waals surface area contributed by atoms with Crippen LogP contribution in [0.5, 0.6) is 0 Å². The second kappa shape index (κ2) is 5.80. The van der Waals surface area contributed by atoms with Crippen molar-refractivity contribution in [3.05, 3.63) is 34.1 Å². The summed E-state index contributed by atoms with van der Waals surface area (Å²) in [6, 6.07) is 4.71. The van der Waals surface area contributed by atoms with Gasteiger partial charge in [0.05, 0.1) is 5.54 Å². The van der Waals surface area contributed by atoms with Gasteiger partial charge in [-0.15, -0.1) is 0 Å². The quantitative estimate of drug-likeness (QED) is 0.926. The van der Waals surface area contributed by atoms with Gasteiger partial charge < -0.3 is 10.2 Å². The van der Waals surface area contributed by atoms with E-state index in [1.54, 1.807) is 40.1 Å². The van der Waals surface area contributed by atoms with Crippen LogP contribution in [0, 0.1) is 5.82 Å². The molecule has 1 aromatic carbocycles. The highest BCUT2D eigenvalue weighted by molar-refractivity contribution is 9.10. The summed E-state index contributed by atoms with van der Waals surface area (Å²) < 4.78 is 14.4. The average Bonchev–Trinajstić information content (AvgIpc) is 2.32. The summed E-state index contributed by atoms with van der Waals surface area (Å²) in [6.45, 7) is 3.83. The molecule has 18 heavy (non-hydrogen) atoms. The van der Waals surface area contributed by atoms with Gasteiger partial charge in [-0.25, -0.2) is 4.39 Å². The van der Waals surface area contributed by atoms with E-state index in [-0.39, 0.29) is 18.3 Å². The molecular formula is C13H18BrFN2O. The lowest BCUT2D eigenvalue weighted by molar-refractivity contribution is -0.136. The minimum Gasteiger partial charge on any atom is -0.340 e. The molecule has 0 fully saturated rings. The fraction of sp³-hybridized carbons (Fsp3) is 0.462. The predicted octanol–water partition coefficient (Wildman–Crippen LogP) is 2.54. The number of carbonyl (C=O) groups excluding carboxylic acids is 1. The minimum absolute atomic E-state index is 0.0793. The van der Waals surface area contributed by atoms with Gasteiger partial charge in [0.25, 0.3) is 0 Å². The van der Waals surface area contributed by atoms with Crippen LogP contribution < -0.4 is 5.32 Å². The topological polar surface area (TPSA) is 32.3 Å². The van der Waals surface area contributed by atoms with Crippen LogP contribution in [-0.4, -0.2) is 30.4 Å². The Balaban J connectivity index is 2.85. The van der Waals surface area contributed by atoms with E-state index < -0.39 is 5.54 Å². The van der Waals surface area contributed by atoms with E-state index in [1.807, 2.05) is 0 Å².